The van der Waals surface area contributed by atoms with Crippen LogP contribution < -0.4 is 15.4 Å². The van der Waals surface area contributed by atoms with Gasteiger partial charge in [-0.15, -0.1) is 0 Å². The summed E-state index contributed by atoms with van der Waals surface area (Å²) in [5.74, 6) is 0.213. The molecule has 3 N–H and O–H groups in total. The number of nitrogens with one attached hydrogen (secondary N) is 3. The molecule has 2 aliphatic heterocycles. The van der Waals surface area contributed by atoms with Crippen molar-refractivity contribution >= 4 is 22.7 Å². The molecule has 2 unspecified atom stereocenters. The Kier molecular flexibility index (Phi) is 9.96. The van der Waals surface area contributed by atoms with Crippen LogP contribution in [0.1, 0.15) is 63.0 Å². The number of hydrogen-bond donors (Lipinski definition) is 3. The van der Waals surface area contributed by atoms with Crippen molar-refractivity contribution < 1.29 is 14.3 Å². The largest absolute Gasteiger partial charge is 0.494 e. The van der Waals surface area contributed by atoms with E-state index in [0.717, 1.165) is 53.7 Å². The summed E-state index contributed by atoms with van der Waals surface area (Å²) in [6.45, 7) is 9.39. The van der Waals surface area contributed by atoms with Gasteiger partial charge in [0, 0.05) is 54.3 Å². The molecule has 1 aromatic heterocycles. The normalized spacial score (nSPS) is 18.6. The van der Waals surface area contributed by atoms with Crippen LogP contribution in [0.5, 0.6) is 5.75 Å². The number of fused-ring (bicyclic) bond motifs is 1. The highest BCUT2D eigenvalue weighted by molar-refractivity contribution is 5.91. The molecule has 0 bridgehead atoms. The second kappa shape index (κ2) is 14.0. The van der Waals surface area contributed by atoms with Gasteiger partial charge in [0.05, 0.1) is 13.2 Å². The lowest BCUT2D eigenvalue weighted by Gasteiger charge is -2.40. The van der Waals surface area contributed by atoms with Crippen LogP contribution in [0.3, 0.4) is 0 Å². The van der Waals surface area contributed by atoms with Gasteiger partial charge in [0.25, 0.3) is 0 Å². The van der Waals surface area contributed by atoms with Gasteiger partial charge in [0.2, 0.25) is 11.8 Å². The standard InChI is InChI=1S/C33H45N5O3/c1-3-41-30-14-8-5-11-25(30)21-35-33(40)32(24(2)28-22-34-29-13-7-6-12-27(28)29)36-31(39)23-37-19-15-26(16-20-37)38-17-9-4-10-18-38/h5-8,11-14,22,24,26,32,34H,3-4,9-10,15-21,23H2,1-2H3,(H,35,40)(H,36,39). The molecule has 0 aliphatic carbocycles. The number of likely N-dealkylation sites (tertiary alicyclic amines) is 2. The van der Waals surface area contributed by atoms with E-state index in [1.165, 1.54) is 32.4 Å². The van der Waals surface area contributed by atoms with Gasteiger partial charge in [-0.1, -0.05) is 49.7 Å². The number of aromatic amines is 1. The minimum Gasteiger partial charge on any atom is -0.494 e. The van der Waals surface area contributed by atoms with Gasteiger partial charge in [0.15, 0.2) is 0 Å². The monoisotopic (exact) mass is 559 g/mol. The highest BCUT2D eigenvalue weighted by Gasteiger charge is 2.31. The van der Waals surface area contributed by atoms with Crippen LogP contribution >= 0.6 is 0 Å². The number of para-hydroxylation sites is 2. The molecular weight excluding hydrogens is 514 g/mol. The Bertz CT molecular complexity index is 1290. The number of hydrogen-bond acceptors (Lipinski definition) is 5. The maximum absolute atomic E-state index is 13.7. The molecule has 220 valence electrons. The summed E-state index contributed by atoms with van der Waals surface area (Å²) >= 11 is 0. The highest BCUT2D eigenvalue weighted by atomic mass is 16.5. The van der Waals surface area contributed by atoms with Gasteiger partial charge in [-0.2, -0.15) is 0 Å². The van der Waals surface area contributed by atoms with Crippen molar-refractivity contribution in [2.45, 2.75) is 70.5 Å². The van der Waals surface area contributed by atoms with E-state index in [1.807, 2.05) is 62.5 Å². The number of carbonyl (C=O) groups excluding carboxylic acids is 2. The maximum atomic E-state index is 13.7. The molecule has 3 aromatic rings. The van der Waals surface area contributed by atoms with E-state index < -0.39 is 6.04 Å². The molecular formula is C33H45N5O3. The number of ether oxygens (including phenoxy) is 1. The topological polar surface area (TPSA) is 89.7 Å². The lowest BCUT2D eigenvalue weighted by atomic mass is 9.92. The van der Waals surface area contributed by atoms with Crippen molar-refractivity contribution in [3.63, 3.8) is 0 Å². The SMILES string of the molecule is CCOc1ccccc1CNC(=O)C(NC(=O)CN1CCC(N2CCCCC2)CC1)C(C)c1c[nH]c2ccccc12. The van der Waals surface area contributed by atoms with E-state index in [0.29, 0.717) is 25.7 Å². The van der Waals surface area contributed by atoms with Gasteiger partial charge in [-0.05, 0) is 63.4 Å². The Morgan fingerprint density at radius 3 is 2.51 bits per heavy atom. The fourth-order valence-corrected chi connectivity index (χ4v) is 6.45. The number of H-pyrrole nitrogens is 1. The van der Waals surface area contributed by atoms with Crippen molar-refractivity contribution in [1.29, 1.82) is 0 Å². The molecule has 5 rings (SSSR count). The second-order valence-corrected chi connectivity index (χ2v) is 11.5. The zero-order valence-corrected chi connectivity index (χ0v) is 24.5. The summed E-state index contributed by atoms with van der Waals surface area (Å²) < 4.78 is 5.75. The van der Waals surface area contributed by atoms with E-state index in [9.17, 15) is 9.59 Å². The number of benzene rings is 2. The predicted molar refractivity (Wildman–Crippen MR) is 163 cm³/mol. The average molecular weight is 560 g/mol. The van der Waals surface area contributed by atoms with Gasteiger partial charge in [-0.25, -0.2) is 0 Å². The molecule has 0 spiro atoms. The number of nitrogens with zero attached hydrogens (tertiary/aromatic N) is 2. The lowest BCUT2D eigenvalue weighted by molar-refractivity contribution is -0.130. The van der Waals surface area contributed by atoms with Gasteiger partial charge >= 0.3 is 0 Å². The van der Waals surface area contributed by atoms with Gasteiger partial charge in [0.1, 0.15) is 11.8 Å². The first-order valence-corrected chi connectivity index (χ1v) is 15.3. The van der Waals surface area contributed by atoms with Crippen LogP contribution in [-0.4, -0.2) is 78.0 Å². The minimum atomic E-state index is -0.716. The fourth-order valence-electron chi connectivity index (χ4n) is 6.45. The molecule has 2 amide bonds. The van der Waals surface area contributed by atoms with Crippen molar-refractivity contribution in [2.24, 2.45) is 0 Å². The first-order valence-electron chi connectivity index (χ1n) is 15.3. The number of piperidine rings is 2. The quantitative estimate of drug-likeness (QED) is 0.324. The molecule has 8 heteroatoms. The zero-order chi connectivity index (χ0) is 28.6. The Labute approximate surface area is 243 Å². The van der Waals surface area contributed by atoms with Crippen molar-refractivity contribution in [2.75, 3.05) is 39.3 Å². The number of aromatic nitrogens is 1. The van der Waals surface area contributed by atoms with Crippen LogP contribution in [0, 0.1) is 0 Å². The summed E-state index contributed by atoms with van der Waals surface area (Å²) in [4.78, 5) is 35.3. The predicted octanol–water partition coefficient (Wildman–Crippen LogP) is 4.42. The van der Waals surface area contributed by atoms with E-state index in [4.69, 9.17) is 4.74 Å². The Morgan fingerprint density at radius 2 is 1.73 bits per heavy atom. The molecule has 2 aliphatic rings. The Balaban J connectivity index is 1.25. The van der Waals surface area contributed by atoms with Gasteiger partial charge in [-0.3, -0.25) is 14.5 Å². The van der Waals surface area contributed by atoms with Crippen LogP contribution in [0.2, 0.25) is 0 Å². The zero-order valence-electron chi connectivity index (χ0n) is 24.5. The number of rotatable bonds is 11. The van der Waals surface area contributed by atoms with E-state index in [-0.39, 0.29) is 17.7 Å². The highest BCUT2D eigenvalue weighted by Crippen LogP contribution is 2.28. The molecule has 41 heavy (non-hydrogen) atoms. The third-order valence-electron chi connectivity index (χ3n) is 8.77. The summed E-state index contributed by atoms with van der Waals surface area (Å²) in [5, 5.41) is 7.26. The molecule has 8 nitrogen and oxygen atoms in total. The number of amides is 2. The summed E-state index contributed by atoms with van der Waals surface area (Å²) in [6, 6.07) is 15.7. The van der Waals surface area contributed by atoms with Gasteiger partial charge < -0.3 is 25.3 Å². The van der Waals surface area contributed by atoms with Crippen molar-refractivity contribution in [1.82, 2.24) is 25.4 Å². The molecule has 2 fully saturated rings. The summed E-state index contributed by atoms with van der Waals surface area (Å²) in [7, 11) is 0. The minimum absolute atomic E-state index is 0.108. The van der Waals surface area contributed by atoms with Crippen LogP contribution in [0.15, 0.2) is 54.7 Å². The number of carbonyl (C=O) groups is 2. The van der Waals surface area contributed by atoms with Crippen LogP contribution in [0.4, 0.5) is 0 Å². The lowest BCUT2D eigenvalue weighted by Crippen LogP contribution is -2.53. The molecule has 2 saturated heterocycles. The summed E-state index contributed by atoms with van der Waals surface area (Å²) in [5.41, 5.74) is 2.93. The van der Waals surface area contributed by atoms with E-state index in [2.05, 4.69) is 31.5 Å². The maximum Gasteiger partial charge on any atom is 0.243 e. The Morgan fingerprint density at radius 1 is 1.00 bits per heavy atom. The van der Waals surface area contributed by atoms with E-state index >= 15 is 0 Å². The Hall–Kier alpha value is -3.36. The molecule has 0 saturated carbocycles. The fraction of sp³-hybridized carbons (Fsp3) is 0.515. The average Bonchev–Trinajstić information content (AvgIpc) is 3.44. The van der Waals surface area contributed by atoms with Crippen molar-refractivity contribution in [3.8, 4) is 5.75 Å². The van der Waals surface area contributed by atoms with Crippen LogP contribution in [-0.2, 0) is 16.1 Å². The summed E-state index contributed by atoms with van der Waals surface area (Å²) in [6.07, 6.45) is 8.11. The molecule has 2 aromatic carbocycles. The first kappa shape index (κ1) is 29.1. The van der Waals surface area contributed by atoms with E-state index in [1.54, 1.807) is 0 Å². The third-order valence-corrected chi connectivity index (χ3v) is 8.77. The molecule has 3 heterocycles. The van der Waals surface area contributed by atoms with Crippen LogP contribution in [0.25, 0.3) is 10.9 Å². The third kappa shape index (κ3) is 7.29. The molecule has 0 radical (unpaired) electrons. The first-order chi connectivity index (χ1) is 20.0. The second-order valence-electron chi connectivity index (χ2n) is 11.5. The van der Waals surface area contributed by atoms with Crippen molar-refractivity contribution in [3.05, 3.63) is 65.9 Å². The molecule has 2 atom stereocenters. The smallest absolute Gasteiger partial charge is 0.243 e.